The maximum Gasteiger partial charge on any atom is 0.339 e. The van der Waals surface area contributed by atoms with Crippen molar-refractivity contribution in [2.24, 2.45) is 0 Å². The van der Waals surface area contributed by atoms with Crippen LogP contribution in [0.25, 0.3) is 0 Å². The van der Waals surface area contributed by atoms with Gasteiger partial charge in [-0.05, 0) is 32.4 Å². The highest BCUT2D eigenvalue weighted by molar-refractivity contribution is 5.94. The van der Waals surface area contributed by atoms with E-state index in [4.69, 9.17) is 9.84 Å². The number of carbonyl (C=O) groups excluding carboxylic acids is 2. The summed E-state index contributed by atoms with van der Waals surface area (Å²) in [5, 5.41) is 14.4. The maximum atomic E-state index is 11.8. The van der Waals surface area contributed by atoms with Crippen LogP contribution in [0.2, 0.25) is 0 Å². The quantitative estimate of drug-likeness (QED) is 0.679. The fourth-order valence-corrected chi connectivity index (χ4v) is 1.97. The van der Waals surface area contributed by atoms with E-state index in [1.807, 2.05) is 13.8 Å². The highest BCUT2D eigenvalue weighted by Crippen LogP contribution is 2.23. The highest BCUT2D eigenvalue weighted by Gasteiger charge is 2.12. The largest absolute Gasteiger partial charge is 0.496 e. The van der Waals surface area contributed by atoms with Crippen LogP contribution in [0.3, 0.4) is 0 Å². The minimum atomic E-state index is -1.10. The molecule has 0 saturated heterocycles. The van der Waals surface area contributed by atoms with Gasteiger partial charge in [0, 0.05) is 30.6 Å². The molecule has 1 rings (SSSR count). The Morgan fingerprint density at radius 2 is 1.83 bits per heavy atom. The number of carboxylic acid groups (broad SMARTS) is 1. The van der Waals surface area contributed by atoms with Crippen molar-refractivity contribution >= 4 is 23.5 Å². The molecule has 3 N–H and O–H groups in total. The van der Waals surface area contributed by atoms with Crippen molar-refractivity contribution < 1.29 is 24.2 Å². The van der Waals surface area contributed by atoms with Gasteiger partial charge in [-0.15, -0.1) is 0 Å². The fraction of sp³-hybridized carbons (Fsp3) is 0.438. The predicted molar refractivity (Wildman–Crippen MR) is 85.7 cm³/mol. The summed E-state index contributed by atoms with van der Waals surface area (Å²) in [6.45, 7) is 3.75. The summed E-state index contributed by atoms with van der Waals surface area (Å²) in [6.07, 6.45) is 0.927. The van der Waals surface area contributed by atoms with Crippen LogP contribution in [0.1, 0.15) is 43.5 Å². The minimum Gasteiger partial charge on any atom is -0.496 e. The van der Waals surface area contributed by atoms with Gasteiger partial charge in [-0.25, -0.2) is 4.79 Å². The van der Waals surface area contributed by atoms with Crippen molar-refractivity contribution in [3.63, 3.8) is 0 Å². The molecule has 0 radical (unpaired) electrons. The van der Waals surface area contributed by atoms with E-state index in [1.165, 1.54) is 25.3 Å². The average molecular weight is 322 g/mol. The summed E-state index contributed by atoms with van der Waals surface area (Å²) < 4.78 is 4.99. The van der Waals surface area contributed by atoms with Crippen molar-refractivity contribution in [2.75, 3.05) is 12.4 Å². The summed E-state index contributed by atoms with van der Waals surface area (Å²) >= 11 is 0. The number of carbonyl (C=O) groups is 3. The minimum absolute atomic E-state index is 0.0239. The van der Waals surface area contributed by atoms with Gasteiger partial charge in [0.25, 0.3) is 0 Å². The van der Waals surface area contributed by atoms with E-state index in [0.29, 0.717) is 12.1 Å². The topological polar surface area (TPSA) is 105 Å². The number of anilines is 1. The van der Waals surface area contributed by atoms with Gasteiger partial charge in [0.15, 0.2) is 0 Å². The Balaban J connectivity index is 2.51. The molecule has 0 aliphatic rings. The standard InChI is InChI=1S/C16H22N2O5/c1-10(2)17-14(19)5-4-6-15(20)18-11-7-8-12(16(21)22)13(9-11)23-3/h7-10H,4-6H2,1-3H3,(H,17,19)(H,18,20)(H,21,22). The smallest absolute Gasteiger partial charge is 0.339 e. The van der Waals surface area contributed by atoms with Gasteiger partial charge in [0.05, 0.1) is 7.11 Å². The second-order valence-electron chi connectivity index (χ2n) is 5.34. The van der Waals surface area contributed by atoms with Gasteiger partial charge >= 0.3 is 5.97 Å². The Labute approximate surface area is 135 Å². The highest BCUT2D eigenvalue weighted by atomic mass is 16.5. The molecule has 0 aliphatic carbocycles. The number of amides is 2. The third-order valence-corrected chi connectivity index (χ3v) is 2.97. The maximum absolute atomic E-state index is 11.8. The number of nitrogens with one attached hydrogen (secondary N) is 2. The number of benzene rings is 1. The van der Waals surface area contributed by atoms with Gasteiger partial charge in [0.1, 0.15) is 11.3 Å². The molecular formula is C16H22N2O5. The number of carboxylic acids is 1. The van der Waals surface area contributed by atoms with Crippen LogP contribution < -0.4 is 15.4 Å². The molecule has 2 amide bonds. The van der Waals surface area contributed by atoms with Crippen LogP contribution in [0.4, 0.5) is 5.69 Å². The molecule has 126 valence electrons. The summed E-state index contributed by atoms with van der Waals surface area (Å²) in [7, 11) is 1.36. The second-order valence-corrected chi connectivity index (χ2v) is 5.34. The molecule has 1 aromatic rings. The normalized spacial score (nSPS) is 10.3. The lowest BCUT2D eigenvalue weighted by Gasteiger charge is -2.10. The monoisotopic (exact) mass is 322 g/mol. The van der Waals surface area contributed by atoms with Crippen molar-refractivity contribution in [1.29, 1.82) is 0 Å². The first-order valence-corrected chi connectivity index (χ1v) is 7.34. The van der Waals surface area contributed by atoms with Crippen LogP contribution in [-0.4, -0.2) is 36.0 Å². The van der Waals surface area contributed by atoms with Crippen LogP contribution in [-0.2, 0) is 9.59 Å². The Hall–Kier alpha value is -2.57. The molecule has 0 atom stereocenters. The third-order valence-electron chi connectivity index (χ3n) is 2.97. The molecule has 7 heteroatoms. The number of hydrogen-bond donors (Lipinski definition) is 3. The lowest BCUT2D eigenvalue weighted by Crippen LogP contribution is -2.30. The van der Waals surface area contributed by atoms with E-state index >= 15 is 0 Å². The van der Waals surface area contributed by atoms with Crippen LogP contribution in [0, 0.1) is 0 Å². The molecule has 0 aliphatic heterocycles. The summed E-state index contributed by atoms with van der Waals surface area (Å²) in [4.78, 5) is 34.3. The summed E-state index contributed by atoms with van der Waals surface area (Å²) in [6, 6.07) is 4.39. The summed E-state index contributed by atoms with van der Waals surface area (Å²) in [5.74, 6) is -1.25. The zero-order valence-corrected chi connectivity index (χ0v) is 13.5. The fourth-order valence-electron chi connectivity index (χ4n) is 1.97. The number of aromatic carboxylic acids is 1. The first-order valence-electron chi connectivity index (χ1n) is 7.34. The molecule has 1 aromatic carbocycles. The van der Waals surface area contributed by atoms with Crippen LogP contribution in [0.5, 0.6) is 5.75 Å². The lowest BCUT2D eigenvalue weighted by atomic mass is 10.1. The van der Waals surface area contributed by atoms with Gasteiger partial charge in [-0.3, -0.25) is 9.59 Å². The van der Waals surface area contributed by atoms with E-state index in [0.717, 1.165) is 0 Å². The first-order chi connectivity index (χ1) is 10.8. The molecule has 0 unspecified atom stereocenters. The molecular weight excluding hydrogens is 300 g/mol. The van der Waals surface area contributed by atoms with Gasteiger partial charge in [0.2, 0.25) is 11.8 Å². The Morgan fingerprint density at radius 3 is 2.39 bits per heavy atom. The zero-order chi connectivity index (χ0) is 17.4. The van der Waals surface area contributed by atoms with Gasteiger partial charge in [-0.1, -0.05) is 0 Å². The molecule has 0 aromatic heterocycles. The van der Waals surface area contributed by atoms with Crippen molar-refractivity contribution in [2.45, 2.75) is 39.2 Å². The number of ether oxygens (including phenoxy) is 1. The second kappa shape index (κ2) is 8.77. The molecule has 0 fully saturated rings. The van der Waals surface area contributed by atoms with Crippen LogP contribution >= 0.6 is 0 Å². The number of hydrogen-bond acceptors (Lipinski definition) is 4. The van der Waals surface area contributed by atoms with E-state index in [9.17, 15) is 14.4 Å². The predicted octanol–water partition coefficient (Wildman–Crippen LogP) is 2.03. The molecule has 7 nitrogen and oxygen atoms in total. The third kappa shape index (κ3) is 6.37. The van der Waals surface area contributed by atoms with E-state index in [2.05, 4.69) is 10.6 Å². The zero-order valence-electron chi connectivity index (χ0n) is 13.5. The lowest BCUT2D eigenvalue weighted by molar-refractivity contribution is -0.121. The summed E-state index contributed by atoms with van der Waals surface area (Å²) in [5.41, 5.74) is 0.472. The van der Waals surface area contributed by atoms with Gasteiger partial charge in [-0.2, -0.15) is 0 Å². The SMILES string of the molecule is COc1cc(NC(=O)CCCC(=O)NC(C)C)ccc1C(=O)O. The van der Waals surface area contributed by atoms with E-state index in [-0.39, 0.29) is 42.0 Å². The Kier molecular flexibility index (Phi) is 7.05. The average Bonchev–Trinajstić information content (AvgIpc) is 2.45. The van der Waals surface area contributed by atoms with Crippen LogP contribution in [0.15, 0.2) is 18.2 Å². The van der Waals surface area contributed by atoms with E-state index < -0.39 is 5.97 Å². The molecule has 0 saturated carbocycles. The number of methoxy groups -OCH3 is 1. The molecule has 0 bridgehead atoms. The molecule has 0 heterocycles. The molecule has 23 heavy (non-hydrogen) atoms. The van der Waals surface area contributed by atoms with Crippen molar-refractivity contribution in [1.82, 2.24) is 5.32 Å². The van der Waals surface area contributed by atoms with E-state index in [1.54, 1.807) is 0 Å². The number of rotatable bonds is 8. The van der Waals surface area contributed by atoms with Gasteiger partial charge < -0.3 is 20.5 Å². The molecule has 0 spiro atoms. The Morgan fingerprint density at radius 1 is 1.17 bits per heavy atom. The first kappa shape index (κ1) is 18.5. The van der Waals surface area contributed by atoms with Crippen molar-refractivity contribution in [3.05, 3.63) is 23.8 Å². The Bertz CT molecular complexity index is 584. The van der Waals surface area contributed by atoms with Crippen molar-refractivity contribution in [3.8, 4) is 5.75 Å².